The smallest absolute Gasteiger partial charge is 0.511 e. The number of nitrogens with one attached hydrogen (secondary N) is 1. The number of aryl methyl sites for hydroxylation is 1. The maximum Gasteiger partial charge on any atom is 0.511 e. The lowest BCUT2D eigenvalue weighted by Crippen LogP contribution is -2.36. The quantitative estimate of drug-likeness (QED) is 0.104. The topological polar surface area (TPSA) is 177 Å². The molecule has 0 radical (unpaired) electrons. The van der Waals surface area contributed by atoms with Crippen LogP contribution in [0.15, 0.2) is 64.8 Å². The molecule has 248 valence electrons. The van der Waals surface area contributed by atoms with E-state index in [1.807, 2.05) is 6.92 Å². The molecule has 1 saturated heterocycles. The van der Waals surface area contributed by atoms with E-state index < -0.39 is 46.5 Å². The molecule has 0 bridgehead atoms. The van der Waals surface area contributed by atoms with Crippen molar-refractivity contribution in [2.75, 3.05) is 19.7 Å². The fraction of sp³-hybridized carbons (Fsp3) is 0.370. The first-order valence-electron chi connectivity index (χ1n) is 13.7. The minimum Gasteiger partial charge on any atom is -0.569 e. The summed E-state index contributed by atoms with van der Waals surface area (Å²) in [5.41, 5.74) is 0.495. The lowest BCUT2D eigenvalue weighted by atomic mass is 10.1. The van der Waals surface area contributed by atoms with Crippen LogP contribution in [-0.2, 0) is 35.2 Å². The van der Waals surface area contributed by atoms with Crippen molar-refractivity contribution in [2.24, 2.45) is 5.28 Å². The van der Waals surface area contributed by atoms with Crippen LogP contribution in [0.4, 0.5) is 22.8 Å². The molecule has 0 aliphatic carbocycles. The number of hydrogen-bond donors (Lipinski definition) is 1. The number of aromatic nitrogens is 2. The van der Waals surface area contributed by atoms with Crippen molar-refractivity contribution in [3.63, 3.8) is 0 Å². The Bertz CT molecular complexity index is 1680. The molecule has 3 aromatic rings. The van der Waals surface area contributed by atoms with Gasteiger partial charge in [0, 0.05) is 18.9 Å². The molecule has 0 spiro atoms. The Morgan fingerprint density at radius 2 is 1.85 bits per heavy atom. The molecule has 2 unspecified atom stereocenters. The second-order valence-electron chi connectivity index (χ2n) is 9.83. The molecular weight excluding hydrogens is 641 g/mol. The standard InChI is InChI=1S/C27H29F3N6O9S/c1-4-42-26(38)43-18(3)45-33-36(39)34-14-13-21(16-34)44-25(37)32-46(40,41)22-11-9-20(10-12-22)35-23(15-24(31-35)27(28,29)30)19-7-5-17(2)6-8-19/h5-12,15,18,21H,4,13-14,16H2,1-3H3,(H,32,37)/b36-33+. The monoisotopic (exact) mass is 670 g/mol. The van der Waals surface area contributed by atoms with E-state index >= 15 is 0 Å². The van der Waals surface area contributed by atoms with E-state index in [0.717, 1.165) is 33.5 Å². The van der Waals surface area contributed by atoms with Gasteiger partial charge in [0.1, 0.15) is 12.6 Å². The number of nitrogens with zero attached hydrogens (tertiary/aromatic N) is 5. The predicted octanol–water partition coefficient (Wildman–Crippen LogP) is 4.68. The van der Waals surface area contributed by atoms with Gasteiger partial charge in [-0.2, -0.15) is 18.3 Å². The third-order valence-corrected chi connectivity index (χ3v) is 7.71. The number of benzene rings is 2. The number of halogens is 3. The van der Waals surface area contributed by atoms with Gasteiger partial charge >= 0.3 is 18.4 Å². The Morgan fingerprint density at radius 3 is 2.48 bits per heavy atom. The van der Waals surface area contributed by atoms with Crippen LogP contribution in [0, 0.1) is 12.1 Å². The second-order valence-corrected chi connectivity index (χ2v) is 11.5. The van der Waals surface area contributed by atoms with Gasteiger partial charge in [-0.15, -0.1) is 5.01 Å². The zero-order valence-electron chi connectivity index (χ0n) is 24.6. The molecular formula is C27H29F3N6O9S. The Kier molecular flexibility index (Phi) is 10.2. The summed E-state index contributed by atoms with van der Waals surface area (Å²) in [5.74, 6) is 0. The highest BCUT2D eigenvalue weighted by atomic mass is 32.2. The van der Waals surface area contributed by atoms with Crippen molar-refractivity contribution in [1.82, 2.24) is 19.5 Å². The van der Waals surface area contributed by atoms with Gasteiger partial charge in [-0.25, -0.2) is 27.4 Å². The molecule has 1 amide bonds. The molecule has 1 N–H and O–H groups in total. The van der Waals surface area contributed by atoms with Gasteiger partial charge in [-0.3, -0.25) is 4.84 Å². The number of alkyl halides is 3. The fourth-order valence-corrected chi connectivity index (χ4v) is 5.07. The van der Waals surface area contributed by atoms with Crippen LogP contribution in [0.25, 0.3) is 16.9 Å². The van der Waals surface area contributed by atoms with E-state index in [0.29, 0.717) is 5.56 Å². The van der Waals surface area contributed by atoms with Gasteiger partial charge in [-0.05, 0) is 44.2 Å². The maximum atomic E-state index is 13.5. The third kappa shape index (κ3) is 8.55. The Labute approximate surface area is 260 Å². The molecule has 2 aromatic carbocycles. The lowest BCUT2D eigenvalue weighted by molar-refractivity contribution is -0.709. The first-order valence-corrected chi connectivity index (χ1v) is 15.1. The Morgan fingerprint density at radius 1 is 1.17 bits per heavy atom. The highest BCUT2D eigenvalue weighted by molar-refractivity contribution is 7.90. The van der Waals surface area contributed by atoms with Gasteiger partial charge < -0.3 is 19.4 Å². The molecule has 15 nitrogen and oxygen atoms in total. The summed E-state index contributed by atoms with van der Waals surface area (Å²) < 4.78 is 83.3. The molecule has 2 heterocycles. The number of ether oxygens (including phenoxy) is 3. The summed E-state index contributed by atoms with van der Waals surface area (Å²) in [7, 11) is -4.46. The number of amides is 1. The number of hydrazine groups is 1. The summed E-state index contributed by atoms with van der Waals surface area (Å²) in [5, 5.41) is 20.2. The number of hydrogen-bond acceptors (Lipinski definition) is 11. The molecule has 1 aromatic heterocycles. The number of carbonyl (C=O) groups excluding carboxylic acids is 2. The van der Waals surface area contributed by atoms with E-state index in [-0.39, 0.29) is 47.4 Å². The van der Waals surface area contributed by atoms with Crippen molar-refractivity contribution in [1.29, 1.82) is 0 Å². The Balaban J connectivity index is 1.38. The molecule has 1 aliphatic heterocycles. The largest absolute Gasteiger partial charge is 0.569 e. The molecule has 46 heavy (non-hydrogen) atoms. The molecule has 2 atom stereocenters. The van der Waals surface area contributed by atoms with Crippen LogP contribution in [-0.4, -0.2) is 72.5 Å². The van der Waals surface area contributed by atoms with Crippen molar-refractivity contribution >= 4 is 22.3 Å². The predicted molar refractivity (Wildman–Crippen MR) is 150 cm³/mol. The van der Waals surface area contributed by atoms with E-state index in [9.17, 15) is 36.4 Å². The Hall–Kier alpha value is -5.07. The van der Waals surface area contributed by atoms with Gasteiger partial charge in [-0.1, -0.05) is 29.8 Å². The third-order valence-electron chi connectivity index (χ3n) is 6.39. The van der Waals surface area contributed by atoms with Crippen LogP contribution in [0.5, 0.6) is 0 Å². The minimum absolute atomic E-state index is 0.0616. The maximum absolute atomic E-state index is 13.5. The van der Waals surface area contributed by atoms with Gasteiger partial charge in [0.15, 0.2) is 5.69 Å². The molecule has 1 fully saturated rings. The lowest BCUT2D eigenvalue weighted by Gasteiger charge is -2.14. The SMILES string of the molecule is CCOC(=O)OC(C)O/N=[N+](/[O-])N1CCC(OC(=O)NS(=O)(=O)c2ccc(-n3nc(C(F)(F)F)cc3-c3ccc(C)cc3)cc2)C1. The van der Waals surface area contributed by atoms with Crippen molar-refractivity contribution in [2.45, 2.75) is 50.7 Å². The van der Waals surface area contributed by atoms with E-state index in [4.69, 9.17) is 9.57 Å². The zero-order valence-corrected chi connectivity index (χ0v) is 25.4. The van der Waals surface area contributed by atoms with Crippen LogP contribution in [0.1, 0.15) is 31.5 Å². The first-order chi connectivity index (χ1) is 21.7. The van der Waals surface area contributed by atoms with Gasteiger partial charge in [0.25, 0.3) is 16.3 Å². The van der Waals surface area contributed by atoms with Crippen molar-refractivity contribution in [3.05, 3.63) is 71.1 Å². The number of rotatable bonds is 10. The summed E-state index contributed by atoms with van der Waals surface area (Å²) in [4.78, 5) is 28.1. The highest BCUT2D eigenvalue weighted by Gasteiger charge is 2.36. The fourth-order valence-electron chi connectivity index (χ4n) is 4.19. The summed E-state index contributed by atoms with van der Waals surface area (Å²) in [6.07, 6.45) is -9.02. The molecule has 1 aliphatic rings. The normalized spacial score (nSPS) is 16.1. The molecule has 19 heteroatoms. The average molecular weight is 671 g/mol. The average Bonchev–Trinajstić information content (AvgIpc) is 3.64. The van der Waals surface area contributed by atoms with Crippen LogP contribution >= 0.6 is 0 Å². The zero-order chi connectivity index (χ0) is 33.6. The van der Waals surface area contributed by atoms with Crippen LogP contribution in [0.3, 0.4) is 0 Å². The number of carbonyl (C=O) groups is 2. The van der Waals surface area contributed by atoms with Crippen LogP contribution < -0.4 is 4.72 Å². The highest BCUT2D eigenvalue weighted by Crippen LogP contribution is 2.33. The molecule has 0 saturated carbocycles. The van der Waals surface area contributed by atoms with Crippen LogP contribution in [0.2, 0.25) is 0 Å². The van der Waals surface area contributed by atoms with Gasteiger partial charge in [0.2, 0.25) is 5.28 Å². The van der Waals surface area contributed by atoms with E-state index in [1.54, 1.807) is 35.9 Å². The summed E-state index contributed by atoms with van der Waals surface area (Å²) >= 11 is 0. The van der Waals surface area contributed by atoms with E-state index in [1.165, 1.54) is 19.1 Å². The first kappa shape index (κ1) is 33.8. The van der Waals surface area contributed by atoms with Crippen molar-refractivity contribution in [3.8, 4) is 16.9 Å². The number of sulfonamides is 1. The van der Waals surface area contributed by atoms with E-state index in [2.05, 4.69) is 19.8 Å². The summed E-state index contributed by atoms with van der Waals surface area (Å²) in [6, 6.07) is 12.3. The summed E-state index contributed by atoms with van der Waals surface area (Å²) in [6.45, 7) is 4.69. The van der Waals surface area contributed by atoms with Crippen molar-refractivity contribution < 1.29 is 55.2 Å². The molecule has 4 rings (SSSR count). The van der Waals surface area contributed by atoms with Gasteiger partial charge in [0.05, 0.1) is 34.4 Å². The second kappa shape index (κ2) is 13.9. The minimum atomic E-state index is -4.72.